The van der Waals surface area contributed by atoms with Gasteiger partial charge in [0.2, 0.25) is 10.0 Å². The Labute approximate surface area is 95.5 Å². The van der Waals surface area contributed by atoms with Gasteiger partial charge in [-0.05, 0) is 24.3 Å². The zero-order valence-corrected chi connectivity index (χ0v) is 10.1. The molecule has 0 aliphatic heterocycles. The van der Waals surface area contributed by atoms with Gasteiger partial charge in [0.15, 0.2) is 0 Å². The van der Waals surface area contributed by atoms with E-state index in [4.69, 9.17) is 5.11 Å². The van der Waals surface area contributed by atoms with Crippen LogP contribution in [0.25, 0.3) is 0 Å². The van der Waals surface area contributed by atoms with Gasteiger partial charge in [-0.1, -0.05) is 15.9 Å². The summed E-state index contributed by atoms with van der Waals surface area (Å²) in [4.78, 5) is 10.8. The maximum absolute atomic E-state index is 11.2. The second-order valence-electron chi connectivity index (χ2n) is 2.79. The number of benzene rings is 1. The molecule has 1 amide bonds. The normalized spacial score (nSPS) is 11.1. The van der Waals surface area contributed by atoms with Gasteiger partial charge in [0.25, 0.3) is 0 Å². The van der Waals surface area contributed by atoms with Crippen molar-refractivity contribution >= 4 is 37.7 Å². The van der Waals surface area contributed by atoms with Crippen LogP contribution in [0.4, 0.5) is 10.5 Å². The van der Waals surface area contributed by atoms with E-state index in [1.54, 1.807) is 12.1 Å². The van der Waals surface area contributed by atoms with Crippen LogP contribution < -0.4 is 4.31 Å². The van der Waals surface area contributed by atoms with Gasteiger partial charge in [-0.25, -0.2) is 13.2 Å². The number of halogens is 1. The Kier molecular flexibility index (Phi) is 3.35. The van der Waals surface area contributed by atoms with Crippen LogP contribution in [0.2, 0.25) is 0 Å². The first kappa shape index (κ1) is 12.0. The largest absolute Gasteiger partial charge is 0.464 e. The molecule has 0 bridgehead atoms. The fourth-order valence-corrected chi connectivity index (χ4v) is 2.07. The number of anilines is 1. The van der Waals surface area contributed by atoms with Crippen molar-refractivity contribution in [1.29, 1.82) is 0 Å². The van der Waals surface area contributed by atoms with E-state index in [1.165, 1.54) is 12.1 Å². The molecule has 1 aromatic rings. The molecule has 0 saturated carbocycles. The van der Waals surface area contributed by atoms with E-state index >= 15 is 0 Å². The summed E-state index contributed by atoms with van der Waals surface area (Å²) in [6.07, 6.45) is -0.691. The summed E-state index contributed by atoms with van der Waals surface area (Å²) in [7, 11) is -3.81. The molecule has 0 fully saturated rings. The smallest absolute Gasteiger partial charge is 0.425 e. The number of amides is 1. The summed E-state index contributed by atoms with van der Waals surface area (Å²) < 4.78 is 23.4. The third kappa shape index (κ3) is 2.93. The predicted molar refractivity (Wildman–Crippen MR) is 59.5 cm³/mol. The van der Waals surface area contributed by atoms with E-state index in [-0.39, 0.29) is 5.69 Å². The van der Waals surface area contributed by atoms with Crippen LogP contribution in [-0.2, 0) is 10.0 Å². The molecule has 7 heteroatoms. The highest BCUT2D eigenvalue weighted by Gasteiger charge is 2.24. The lowest BCUT2D eigenvalue weighted by Gasteiger charge is -2.16. The maximum atomic E-state index is 11.2. The van der Waals surface area contributed by atoms with Crippen LogP contribution in [0.15, 0.2) is 28.7 Å². The average molecular weight is 294 g/mol. The fourth-order valence-electron chi connectivity index (χ4n) is 1.02. The van der Waals surface area contributed by atoms with Crippen molar-refractivity contribution in [3.05, 3.63) is 28.7 Å². The Morgan fingerprint density at radius 3 is 2.13 bits per heavy atom. The second-order valence-corrected chi connectivity index (χ2v) is 5.53. The highest BCUT2D eigenvalue weighted by molar-refractivity contribution is 9.10. The summed E-state index contributed by atoms with van der Waals surface area (Å²) >= 11 is 3.17. The Bertz CT molecular complexity index is 468. The van der Waals surface area contributed by atoms with Crippen molar-refractivity contribution in [2.75, 3.05) is 10.6 Å². The van der Waals surface area contributed by atoms with Gasteiger partial charge in [-0.2, -0.15) is 4.31 Å². The summed E-state index contributed by atoms with van der Waals surface area (Å²) in [6.45, 7) is 0. The van der Waals surface area contributed by atoms with E-state index in [2.05, 4.69) is 15.9 Å². The van der Waals surface area contributed by atoms with Crippen molar-refractivity contribution in [3.8, 4) is 0 Å². The molecule has 0 atom stereocenters. The van der Waals surface area contributed by atoms with Crippen LogP contribution >= 0.6 is 15.9 Å². The molecular formula is C8H8BrNO4S. The third-order valence-corrected chi connectivity index (χ3v) is 3.13. The molecule has 0 spiro atoms. The Balaban J connectivity index is 3.23. The number of hydrogen-bond acceptors (Lipinski definition) is 3. The quantitative estimate of drug-likeness (QED) is 0.904. The lowest BCUT2D eigenvalue weighted by Crippen LogP contribution is -2.34. The minimum Gasteiger partial charge on any atom is -0.464 e. The maximum Gasteiger partial charge on any atom is 0.425 e. The molecule has 0 aliphatic rings. The lowest BCUT2D eigenvalue weighted by molar-refractivity contribution is 0.206. The molecule has 82 valence electrons. The number of carbonyl (C=O) groups is 1. The number of rotatable bonds is 2. The van der Waals surface area contributed by atoms with Gasteiger partial charge in [0.1, 0.15) is 0 Å². The highest BCUT2D eigenvalue weighted by atomic mass is 79.9. The van der Waals surface area contributed by atoms with Gasteiger partial charge in [-0.3, -0.25) is 0 Å². The summed E-state index contributed by atoms with van der Waals surface area (Å²) in [6, 6.07) is 5.94. The van der Waals surface area contributed by atoms with Gasteiger partial charge in [-0.15, -0.1) is 0 Å². The van der Waals surface area contributed by atoms with Gasteiger partial charge in [0.05, 0.1) is 11.9 Å². The third-order valence-electron chi connectivity index (χ3n) is 1.57. The topological polar surface area (TPSA) is 74.7 Å². The first-order valence-electron chi connectivity index (χ1n) is 3.81. The van der Waals surface area contributed by atoms with Crippen molar-refractivity contribution in [1.82, 2.24) is 0 Å². The molecule has 0 unspecified atom stereocenters. The Hall–Kier alpha value is -1.08. The standard InChI is InChI=1S/C8H8BrNO4S/c1-15(13,14)10(8(11)12)7-4-2-6(9)3-5-7/h2-5H,1H3,(H,11,12). The SMILES string of the molecule is CS(=O)(=O)N(C(=O)O)c1ccc(Br)cc1. The first-order chi connectivity index (χ1) is 6.82. The van der Waals surface area contributed by atoms with Crippen LogP contribution in [0, 0.1) is 0 Å². The Morgan fingerprint density at radius 1 is 1.33 bits per heavy atom. The molecule has 0 radical (unpaired) electrons. The van der Waals surface area contributed by atoms with Gasteiger partial charge >= 0.3 is 6.09 Å². The summed E-state index contributed by atoms with van der Waals surface area (Å²) in [5.41, 5.74) is 0.0909. The molecule has 0 aromatic heterocycles. The van der Waals surface area contributed by atoms with E-state index in [0.717, 1.165) is 10.7 Å². The lowest BCUT2D eigenvalue weighted by atomic mass is 10.3. The minimum atomic E-state index is -3.81. The minimum absolute atomic E-state index is 0.0909. The molecular weight excluding hydrogens is 286 g/mol. The van der Waals surface area contributed by atoms with Crippen LogP contribution in [0.5, 0.6) is 0 Å². The first-order valence-corrected chi connectivity index (χ1v) is 6.45. The molecule has 1 rings (SSSR count). The average Bonchev–Trinajstić information content (AvgIpc) is 2.05. The molecule has 15 heavy (non-hydrogen) atoms. The second kappa shape index (κ2) is 4.19. The zero-order chi connectivity index (χ0) is 11.6. The predicted octanol–water partition coefficient (Wildman–Crippen LogP) is 1.89. The van der Waals surface area contributed by atoms with E-state index < -0.39 is 16.1 Å². The zero-order valence-electron chi connectivity index (χ0n) is 7.71. The molecule has 0 saturated heterocycles. The van der Waals surface area contributed by atoms with Crippen LogP contribution in [-0.4, -0.2) is 25.9 Å². The molecule has 0 aliphatic carbocycles. The number of nitrogens with zero attached hydrogens (tertiary/aromatic N) is 1. The van der Waals surface area contributed by atoms with Crippen LogP contribution in [0.3, 0.4) is 0 Å². The summed E-state index contributed by atoms with van der Waals surface area (Å²) in [5.74, 6) is 0. The van der Waals surface area contributed by atoms with Crippen molar-refractivity contribution in [2.24, 2.45) is 0 Å². The molecule has 0 heterocycles. The molecule has 5 nitrogen and oxygen atoms in total. The van der Waals surface area contributed by atoms with Crippen molar-refractivity contribution < 1.29 is 18.3 Å². The van der Waals surface area contributed by atoms with Crippen molar-refractivity contribution in [2.45, 2.75) is 0 Å². The number of sulfonamides is 1. The number of carboxylic acid groups (broad SMARTS) is 1. The van der Waals surface area contributed by atoms with E-state index in [9.17, 15) is 13.2 Å². The highest BCUT2D eigenvalue weighted by Crippen LogP contribution is 2.20. The van der Waals surface area contributed by atoms with E-state index in [1.807, 2.05) is 0 Å². The van der Waals surface area contributed by atoms with Crippen LogP contribution in [0.1, 0.15) is 0 Å². The molecule has 1 N–H and O–H groups in total. The monoisotopic (exact) mass is 293 g/mol. The fraction of sp³-hybridized carbons (Fsp3) is 0.125. The van der Waals surface area contributed by atoms with Gasteiger partial charge < -0.3 is 5.11 Å². The molecule has 1 aromatic carbocycles. The Morgan fingerprint density at radius 2 is 1.80 bits per heavy atom. The van der Waals surface area contributed by atoms with E-state index in [0.29, 0.717) is 4.31 Å². The van der Waals surface area contributed by atoms with Gasteiger partial charge in [0, 0.05) is 4.47 Å². The van der Waals surface area contributed by atoms with Crippen molar-refractivity contribution in [3.63, 3.8) is 0 Å². The number of hydrogen-bond donors (Lipinski definition) is 1. The summed E-state index contributed by atoms with van der Waals surface area (Å²) in [5, 5.41) is 8.77.